The van der Waals surface area contributed by atoms with Crippen LogP contribution >= 0.6 is 7.82 Å². The first-order chi connectivity index (χ1) is 11.4. The molecule has 24 heavy (non-hydrogen) atoms. The third-order valence-electron chi connectivity index (χ3n) is 4.04. The highest BCUT2D eigenvalue weighted by Crippen LogP contribution is 2.58. The molecule has 4 rings (SSSR count). The van der Waals surface area contributed by atoms with Crippen molar-refractivity contribution in [3.05, 3.63) is 16.8 Å². The number of hydrogen-bond donors (Lipinski definition) is 3. The van der Waals surface area contributed by atoms with E-state index in [0.717, 1.165) is 0 Å². The standard InChI is InChI=1S/C11H14BN5O6P/c1-20-7-6-4(2-21-24(12,19)23-6)22-10(7)17-9-5(16-11(17)18)8(13)14-3-15-9/h3-4,6-7,10,19H,2H2,1H3,(H,16,18)(H2,13,14,15)/q+1/t4-,6-,7-,10-,24?/m1/s1. The van der Waals surface area contributed by atoms with Gasteiger partial charge in [-0.1, -0.05) is 0 Å². The lowest BCUT2D eigenvalue weighted by Crippen LogP contribution is -2.41. The van der Waals surface area contributed by atoms with E-state index >= 15 is 0 Å². The third kappa shape index (κ3) is 2.34. The Labute approximate surface area is 137 Å². The molecule has 11 nitrogen and oxygen atoms in total. The number of aromatic amines is 1. The molecule has 2 radical (unpaired) electrons. The highest BCUT2D eigenvalue weighted by molar-refractivity contribution is 7.85. The van der Waals surface area contributed by atoms with Crippen LogP contribution in [0.15, 0.2) is 11.1 Å². The fraction of sp³-hybridized carbons (Fsp3) is 0.545. The van der Waals surface area contributed by atoms with E-state index in [2.05, 4.69) is 15.0 Å². The van der Waals surface area contributed by atoms with E-state index in [4.69, 9.17) is 31.8 Å². The molecule has 2 aromatic rings. The Morgan fingerprint density at radius 3 is 3.12 bits per heavy atom. The van der Waals surface area contributed by atoms with Gasteiger partial charge < -0.3 is 20.2 Å². The van der Waals surface area contributed by atoms with Gasteiger partial charge in [0.2, 0.25) is 0 Å². The molecule has 4 heterocycles. The van der Waals surface area contributed by atoms with Crippen LogP contribution in [0.3, 0.4) is 0 Å². The van der Waals surface area contributed by atoms with Crippen LogP contribution in [0, 0.1) is 0 Å². The zero-order chi connectivity index (χ0) is 17.1. The minimum absolute atomic E-state index is 0.0238. The second-order valence-electron chi connectivity index (χ2n) is 5.45. The lowest BCUT2D eigenvalue weighted by Gasteiger charge is -2.29. The quantitative estimate of drug-likeness (QED) is 0.450. The van der Waals surface area contributed by atoms with E-state index in [9.17, 15) is 9.69 Å². The topological polar surface area (TPSA) is 147 Å². The number of nitrogens with zero attached hydrogens (tertiary/aromatic N) is 3. The zero-order valence-electron chi connectivity index (χ0n) is 12.5. The van der Waals surface area contributed by atoms with Crippen molar-refractivity contribution in [3.8, 4) is 0 Å². The van der Waals surface area contributed by atoms with Crippen molar-refractivity contribution in [1.82, 2.24) is 19.5 Å². The van der Waals surface area contributed by atoms with Crippen molar-refractivity contribution in [3.63, 3.8) is 0 Å². The van der Waals surface area contributed by atoms with E-state index in [1.165, 1.54) is 18.0 Å². The number of rotatable bonds is 2. The van der Waals surface area contributed by atoms with Gasteiger partial charge in [0.05, 0.1) is 0 Å². The SMILES string of the molecule is [B][P+]1(O)OC[C@H]2O[C@@H](n3c(=O)[nH]c4c(N)ncnc43)[C@H](OC)[C@@H]2O1. The van der Waals surface area contributed by atoms with Crippen molar-refractivity contribution < 1.29 is 23.4 Å². The van der Waals surface area contributed by atoms with Crippen LogP contribution in [0.4, 0.5) is 5.82 Å². The van der Waals surface area contributed by atoms with Gasteiger partial charge in [0.25, 0.3) is 0 Å². The maximum absolute atomic E-state index is 12.4. The molecular weight excluding hydrogens is 340 g/mol. The minimum atomic E-state index is -3.43. The van der Waals surface area contributed by atoms with Gasteiger partial charge in [-0.25, -0.2) is 24.2 Å². The van der Waals surface area contributed by atoms with Crippen LogP contribution in [0.5, 0.6) is 0 Å². The van der Waals surface area contributed by atoms with Gasteiger partial charge in [-0.2, -0.15) is 9.05 Å². The molecule has 0 aliphatic carbocycles. The van der Waals surface area contributed by atoms with Gasteiger partial charge >= 0.3 is 21.1 Å². The Bertz CT molecular complexity index is 842. The molecular formula is C11H14BN5O6P+. The average molecular weight is 354 g/mol. The van der Waals surface area contributed by atoms with Gasteiger partial charge in [0.1, 0.15) is 30.7 Å². The Morgan fingerprint density at radius 2 is 2.38 bits per heavy atom. The number of nitrogen functional groups attached to an aromatic ring is 1. The predicted molar refractivity (Wildman–Crippen MR) is 83.0 cm³/mol. The number of fused-ring (bicyclic) bond motifs is 2. The predicted octanol–water partition coefficient (Wildman–Crippen LogP) is -1.13. The molecule has 2 aromatic heterocycles. The molecule has 0 amide bonds. The minimum Gasteiger partial charge on any atom is -0.382 e. The van der Waals surface area contributed by atoms with Crippen LogP contribution in [0.1, 0.15) is 6.23 Å². The monoisotopic (exact) mass is 354 g/mol. The lowest BCUT2D eigenvalue weighted by molar-refractivity contribution is -0.0628. The number of anilines is 1. The molecule has 0 bridgehead atoms. The number of methoxy groups -OCH3 is 1. The molecule has 1 unspecified atom stereocenters. The van der Waals surface area contributed by atoms with Gasteiger partial charge in [-0.15, -0.1) is 0 Å². The van der Waals surface area contributed by atoms with Crippen molar-refractivity contribution in [1.29, 1.82) is 0 Å². The molecule has 0 aromatic carbocycles. The number of ether oxygens (including phenoxy) is 2. The first-order valence-corrected chi connectivity index (χ1v) is 8.68. The first kappa shape index (κ1) is 15.9. The average Bonchev–Trinajstić information content (AvgIpc) is 3.03. The summed E-state index contributed by atoms with van der Waals surface area (Å²) in [4.78, 5) is 32.7. The Morgan fingerprint density at radius 1 is 1.58 bits per heavy atom. The highest BCUT2D eigenvalue weighted by Gasteiger charge is 2.58. The smallest absolute Gasteiger partial charge is 0.382 e. The second kappa shape index (κ2) is 5.48. The summed E-state index contributed by atoms with van der Waals surface area (Å²) in [7, 11) is 3.57. The van der Waals surface area contributed by atoms with Crippen LogP contribution in [-0.2, 0) is 18.5 Å². The molecule has 2 saturated heterocycles. The summed E-state index contributed by atoms with van der Waals surface area (Å²) >= 11 is 0. The van der Waals surface area contributed by atoms with Crippen molar-refractivity contribution in [2.45, 2.75) is 24.5 Å². The van der Waals surface area contributed by atoms with Gasteiger partial charge in [0.15, 0.2) is 23.8 Å². The number of hydrogen-bond acceptors (Lipinski definition) is 9. The summed E-state index contributed by atoms with van der Waals surface area (Å²) in [5.41, 5.74) is 5.85. The second-order valence-corrected chi connectivity index (χ2v) is 7.05. The molecule has 13 heteroatoms. The van der Waals surface area contributed by atoms with Crippen LogP contribution < -0.4 is 11.4 Å². The van der Waals surface area contributed by atoms with Gasteiger partial charge in [0, 0.05) is 7.11 Å². The number of nitrogens with two attached hydrogens (primary N) is 1. The number of nitrogens with one attached hydrogen (secondary N) is 1. The number of imidazole rings is 1. The molecule has 0 spiro atoms. The van der Waals surface area contributed by atoms with Crippen molar-refractivity contribution in [2.24, 2.45) is 0 Å². The summed E-state index contributed by atoms with van der Waals surface area (Å²) < 4.78 is 23.0. The van der Waals surface area contributed by atoms with E-state index < -0.39 is 38.1 Å². The third-order valence-corrected chi connectivity index (χ3v) is 5.11. The summed E-state index contributed by atoms with van der Waals surface area (Å²) in [5, 5.41) is 0. The summed E-state index contributed by atoms with van der Waals surface area (Å²) in [6, 6.07) is 0. The van der Waals surface area contributed by atoms with Crippen molar-refractivity contribution in [2.75, 3.05) is 19.5 Å². The first-order valence-electron chi connectivity index (χ1n) is 7.03. The molecule has 2 aliphatic heterocycles. The fourth-order valence-corrected chi connectivity index (χ4v) is 4.03. The summed E-state index contributed by atoms with van der Waals surface area (Å²) in [6.07, 6.45) is -1.56. The number of aromatic nitrogens is 4. The molecule has 126 valence electrons. The number of H-pyrrole nitrogens is 1. The molecule has 0 saturated carbocycles. The maximum Gasteiger partial charge on any atom is 0.488 e. The Hall–Kier alpha value is -1.56. The van der Waals surface area contributed by atoms with Gasteiger partial charge in [-0.05, 0) is 0 Å². The molecule has 2 fully saturated rings. The summed E-state index contributed by atoms with van der Waals surface area (Å²) in [6.45, 7) is 0.0238. The van der Waals surface area contributed by atoms with E-state index in [1.807, 2.05) is 0 Å². The van der Waals surface area contributed by atoms with Crippen LogP contribution in [0.2, 0.25) is 0 Å². The van der Waals surface area contributed by atoms with Crippen LogP contribution in [-0.4, -0.2) is 64.0 Å². The van der Waals surface area contributed by atoms with Crippen molar-refractivity contribution >= 4 is 32.4 Å². The van der Waals surface area contributed by atoms with Crippen LogP contribution in [0.25, 0.3) is 11.2 Å². The van der Waals surface area contributed by atoms with E-state index in [1.54, 1.807) is 0 Å². The largest absolute Gasteiger partial charge is 0.488 e. The Kier molecular flexibility index (Phi) is 3.64. The highest BCUT2D eigenvalue weighted by atomic mass is 31.2. The van der Waals surface area contributed by atoms with E-state index in [-0.39, 0.29) is 18.1 Å². The zero-order valence-corrected chi connectivity index (χ0v) is 13.4. The normalized spacial score (nSPS) is 36.1. The molecule has 5 atom stereocenters. The Balaban J connectivity index is 1.79. The van der Waals surface area contributed by atoms with E-state index in [0.29, 0.717) is 5.52 Å². The lowest BCUT2D eigenvalue weighted by atomic mass is 10.1. The maximum atomic E-state index is 12.4. The molecule has 4 N–H and O–H groups in total. The molecule has 2 aliphatic rings. The van der Waals surface area contributed by atoms with Gasteiger partial charge in [-0.3, -0.25) is 0 Å². The fourth-order valence-electron chi connectivity index (χ4n) is 3.00. The summed E-state index contributed by atoms with van der Waals surface area (Å²) in [5.74, 6) is 0.141.